The predicted octanol–water partition coefficient (Wildman–Crippen LogP) is 4.59. The number of carbonyl (C=O) groups excluding carboxylic acids is 1. The molecule has 0 N–H and O–H groups in total. The Morgan fingerprint density at radius 1 is 0.889 bits per heavy atom. The van der Waals surface area contributed by atoms with Crippen LogP contribution in [0.3, 0.4) is 0 Å². The maximum atomic E-state index is 11.2. The van der Waals surface area contributed by atoms with Crippen LogP contribution in [-0.4, -0.2) is 5.78 Å². The number of carbonyl (C=O) groups is 1. The molecular formula is C17H16O. The van der Waals surface area contributed by atoms with Crippen LogP contribution < -0.4 is 0 Å². The largest absolute Gasteiger partial charge is 0.295 e. The lowest BCUT2D eigenvalue weighted by Crippen LogP contribution is -1.91. The van der Waals surface area contributed by atoms with Crippen molar-refractivity contribution in [1.82, 2.24) is 0 Å². The summed E-state index contributed by atoms with van der Waals surface area (Å²) in [6.07, 6.45) is 0. The minimum atomic E-state index is 0.0947. The molecule has 0 aliphatic rings. The maximum Gasteiger partial charge on any atom is 0.159 e. The van der Waals surface area contributed by atoms with Crippen LogP contribution in [0.15, 0.2) is 55.1 Å². The second-order valence-electron chi connectivity index (χ2n) is 4.49. The molecule has 0 aromatic heterocycles. The van der Waals surface area contributed by atoms with Gasteiger partial charge in [-0.25, -0.2) is 0 Å². The highest BCUT2D eigenvalue weighted by Gasteiger charge is 2.02. The lowest BCUT2D eigenvalue weighted by molar-refractivity contribution is 0.101. The minimum absolute atomic E-state index is 0.0947. The van der Waals surface area contributed by atoms with Crippen LogP contribution in [0.25, 0.3) is 16.7 Å². The first kappa shape index (κ1) is 12.3. The van der Waals surface area contributed by atoms with Gasteiger partial charge < -0.3 is 0 Å². The third-order valence-electron chi connectivity index (χ3n) is 2.98. The van der Waals surface area contributed by atoms with Crippen molar-refractivity contribution in [3.8, 4) is 11.1 Å². The van der Waals surface area contributed by atoms with Gasteiger partial charge in [-0.15, -0.1) is 0 Å². The molecule has 0 spiro atoms. The first-order valence-corrected chi connectivity index (χ1v) is 5.95. The average Bonchev–Trinajstić information content (AvgIpc) is 2.39. The van der Waals surface area contributed by atoms with Crippen molar-refractivity contribution in [2.45, 2.75) is 13.8 Å². The molecule has 1 nitrogen and oxygen atoms in total. The number of ketones is 1. The van der Waals surface area contributed by atoms with E-state index in [2.05, 4.69) is 24.8 Å². The third-order valence-corrected chi connectivity index (χ3v) is 2.98. The van der Waals surface area contributed by atoms with Crippen molar-refractivity contribution in [1.29, 1.82) is 0 Å². The van der Waals surface area contributed by atoms with E-state index < -0.39 is 0 Å². The molecule has 90 valence electrons. The van der Waals surface area contributed by atoms with Gasteiger partial charge in [0.25, 0.3) is 0 Å². The zero-order valence-corrected chi connectivity index (χ0v) is 10.7. The predicted molar refractivity (Wildman–Crippen MR) is 76.6 cm³/mol. The molecule has 2 rings (SSSR count). The number of hydrogen-bond acceptors (Lipinski definition) is 1. The van der Waals surface area contributed by atoms with Crippen LogP contribution in [0.4, 0.5) is 0 Å². The smallest absolute Gasteiger partial charge is 0.159 e. The van der Waals surface area contributed by atoms with Crippen molar-refractivity contribution in [3.05, 3.63) is 66.2 Å². The van der Waals surface area contributed by atoms with Crippen LogP contribution in [0.5, 0.6) is 0 Å². The highest BCUT2D eigenvalue weighted by atomic mass is 16.1. The summed E-state index contributed by atoms with van der Waals surface area (Å²) in [7, 11) is 0. The van der Waals surface area contributed by atoms with Crippen molar-refractivity contribution in [2.24, 2.45) is 0 Å². The lowest BCUT2D eigenvalue weighted by Gasteiger charge is -2.06. The van der Waals surface area contributed by atoms with Gasteiger partial charge in [-0.05, 0) is 36.6 Å². The molecule has 18 heavy (non-hydrogen) atoms. The van der Waals surface area contributed by atoms with E-state index in [1.165, 1.54) is 0 Å². The summed E-state index contributed by atoms with van der Waals surface area (Å²) in [5, 5.41) is 0. The van der Waals surface area contributed by atoms with Gasteiger partial charge in [-0.2, -0.15) is 0 Å². The van der Waals surface area contributed by atoms with Crippen molar-refractivity contribution >= 4 is 11.4 Å². The van der Waals surface area contributed by atoms with E-state index in [4.69, 9.17) is 0 Å². The summed E-state index contributed by atoms with van der Waals surface area (Å²) in [5.74, 6) is 0.0947. The fourth-order valence-electron chi connectivity index (χ4n) is 1.86. The Labute approximate surface area is 108 Å². The van der Waals surface area contributed by atoms with Crippen molar-refractivity contribution in [2.75, 3.05) is 0 Å². The summed E-state index contributed by atoms with van der Waals surface area (Å²) in [6, 6.07) is 16.0. The highest BCUT2D eigenvalue weighted by Crippen LogP contribution is 2.23. The van der Waals surface area contributed by atoms with E-state index in [0.717, 1.165) is 27.8 Å². The van der Waals surface area contributed by atoms with Crippen molar-refractivity contribution in [3.63, 3.8) is 0 Å². The zero-order valence-electron chi connectivity index (χ0n) is 10.7. The molecule has 1 heteroatoms. The summed E-state index contributed by atoms with van der Waals surface area (Å²) < 4.78 is 0. The Hall–Kier alpha value is -2.15. The minimum Gasteiger partial charge on any atom is -0.295 e. The molecule has 0 saturated carbocycles. The maximum absolute atomic E-state index is 11.2. The Balaban J connectivity index is 2.39. The first-order chi connectivity index (χ1) is 8.58. The number of hydrogen-bond donors (Lipinski definition) is 0. The van der Waals surface area contributed by atoms with Gasteiger partial charge in [0, 0.05) is 5.56 Å². The first-order valence-electron chi connectivity index (χ1n) is 5.95. The summed E-state index contributed by atoms with van der Waals surface area (Å²) >= 11 is 0. The SMILES string of the molecule is C=C(C)c1cccc(-c2ccc(C(C)=O)cc2)c1. The quantitative estimate of drug-likeness (QED) is 0.712. The van der Waals surface area contributed by atoms with E-state index in [-0.39, 0.29) is 5.78 Å². The topological polar surface area (TPSA) is 17.1 Å². The molecule has 2 aromatic carbocycles. The molecule has 0 heterocycles. The molecule has 0 aliphatic heterocycles. The Morgan fingerprint density at radius 3 is 2.11 bits per heavy atom. The molecule has 0 aliphatic carbocycles. The van der Waals surface area contributed by atoms with Gasteiger partial charge in [-0.1, -0.05) is 54.6 Å². The summed E-state index contributed by atoms with van der Waals surface area (Å²) in [6.45, 7) is 7.53. The van der Waals surface area contributed by atoms with Crippen LogP contribution in [0.2, 0.25) is 0 Å². The van der Waals surface area contributed by atoms with Gasteiger partial charge in [0.05, 0.1) is 0 Å². The molecule has 0 radical (unpaired) electrons. The molecular weight excluding hydrogens is 220 g/mol. The number of benzene rings is 2. The normalized spacial score (nSPS) is 10.1. The second kappa shape index (κ2) is 5.01. The van der Waals surface area contributed by atoms with Gasteiger partial charge in [-0.3, -0.25) is 4.79 Å². The lowest BCUT2D eigenvalue weighted by atomic mass is 9.99. The fourth-order valence-corrected chi connectivity index (χ4v) is 1.86. The average molecular weight is 236 g/mol. The number of Topliss-reactive ketones (excluding diaryl/α,β-unsaturated/α-hetero) is 1. The zero-order chi connectivity index (χ0) is 13.1. The van der Waals surface area contributed by atoms with Crippen LogP contribution in [-0.2, 0) is 0 Å². The van der Waals surface area contributed by atoms with Gasteiger partial charge in [0.15, 0.2) is 5.78 Å². The molecule has 0 atom stereocenters. The van der Waals surface area contributed by atoms with Gasteiger partial charge >= 0.3 is 0 Å². The monoisotopic (exact) mass is 236 g/mol. The molecule has 0 fully saturated rings. The number of allylic oxidation sites excluding steroid dienone is 1. The van der Waals surface area contributed by atoms with Crippen LogP contribution in [0, 0.1) is 0 Å². The standard InChI is InChI=1S/C17H16O/c1-12(2)16-5-4-6-17(11-16)15-9-7-14(8-10-15)13(3)18/h4-11H,1H2,2-3H3. The molecule has 0 amide bonds. The van der Waals surface area contributed by atoms with E-state index in [9.17, 15) is 4.79 Å². The summed E-state index contributed by atoms with van der Waals surface area (Å²) in [4.78, 5) is 11.2. The fraction of sp³-hybridized carbons (Fsp3) is 0.118. The van der Waals surface area contributed by atoms with E-state index in [1.807, 2.05) is 37.3 Å². The summed E-state index contributed by atoms with van der Waals surface area (Å²) in [5.41, 5.74) is 5.20. The second-order valence-corrected chi connectivity index (χ2v) is 4.49. The molecule has 0 bridgehead atoms. The van der Waals surface area contributed by atoms with E-state index >= 15 is 0 Å². The van der Waals surface area contributed by atoms with Gasteiger partial charge in [0.1, 0.15) is 0 Å². The highest BCUT2D eigenvalue weighted by molar-refractivity contribution is 5.94. The molecule has 0 unspecified atom stereocenters. The Kier molecular flexibility index (Phi) is 3.42. The van der Waals surface area contributed by atoms with Crippen LogP contribution >= 0.6 is 0 Å². The third kappa shape index (κ3) is 2.57. The van der Waals surface area contributed by atoms with E-state index in [0.29, 0.717) is 0 Å². The molecule has 2 aromatic rings. The van der Waals surface area contributed by atoms with E-state index in [1.54, 1.807) is 6.92 Å². The van der Waals surface area contributed by atoms with Crippen LogP contribution in [0.1, 0.15) is 29.8 Å². The molecule has 0 saturated heterocycles. The Morgan fingerprint density at radius 2 is 1.56 bits per heavy atom. The Bertz CT molecular complexity index is 591. The van der Waals surface area contributed by atoms with Gasteiger partial charge in [0.2, 0.25) is 0 Å². The van der Waals surface area contributed by atoms with Crippen molar-refractivity contribution < 1.29 is 4.79 Å². The number of rotatable bonds is 3.